The molecule has 0 fully saturated rings. The first-order chi connectivity index (χ1) is 26.2. The molecular weight excluding hydrogens is 683 g/mol. The van der Waals surface area contributed by atoms with Gasteiger partial charge in [0, 0.05) is 0 Å². The molecule has 55 heavy (non-hydrogen) atoms. The van der Waals surface area contributed by atoms with E-state index in [2.05, 4.69) is 55.4 Å². The summed E-state index contributed by atoms with van der Waals surface area (Å²) in [5.41, 5.74) is 0. The Kier molecular flexibility index (Phi) is 54.4. The van der Waals surface area contributed by atoms with Crippen molar-refractivity contribution in [3.8, 4) is 0 Å². The summed E-state index contributed by atoms with van der Waals surface area (Å²) in [6, 6.07) is 0. The molecular formula is C48H105N3O4. The Morgan fingerprint density at radius 2 is 0.455 bits per heavy atom. The van der Waals surface area contributed by atoms with Crippen LogP contribution in [0.25, 0.3) is 0 Å². The van der Waals surface area contributed by atoms with E-state index in [4.69, 9.17) is 15.3 Å². The normalized spacial score (nSPS) is 11.3. The van der Waals surface area contributed by atoms with Crippen molar-refractivity contribution in [1.82, 2.24) is 0 Å². The van der Waals surface area contributed by atoms with Crippen molar-refractivity contribution in [2.45, 2.75) is 261 Å². The van der Waals surface area contributed by atoms with E-state index in [1.807, 2.05) is 0 Å². The number of hydrogen-bond acceptors (Lipinski definition) is 4. The summed E-state index contributed by atoms with van der Waals surface area (Å²) in [7, 11) is 0. The van der Waals surface area contributed by atoms with Crippen LogP contribution in [-0.2, 0) is 0 Å². The Balaban J connectivity index is -0.000000461. The summed E-state index contributed by atoms with van der Waals surface area (Å²) in [6.07, 6.45) is 46.4. The number of quaternary nitrogens is 2. The molecule has 0 saturated carbocycles. The highest BCUT2D eigenvalue weighted by Gasteiger charge is 2.25. The topological polar surface area (TPSA) is 96.2 Å². The van der Waals surface area contributed by atoms with Crippen molar-refractivity contribution < 1.29 is 19.5 Å². The van der Waals surface area contributed by atoms with E-state index in [1.165, 1.54) is 267 Å². The van der Waals surface area contributed by atoms with Gasteiger partial charge < -0.3 is 29.8 Å². The zero-order chi connectivity index (χ0) is 40.9. The first-order valence-electron chi connectivity index (χ1n) is 24.7. The molecule has 0 radical (unpaired) electrons. The predicted octanol–water partition coefficient (Wildman–Crippen LogP) is 15.8. The largest absolute Gasteiger partial charge is 0.870 e. The standard InChI is InChI=1S/C30H64N.C18H40N.NO3.H2O/c1-5-9-13-14-15-16-17-18-19-20-21-22-23-24-25-26-30-31(27-10-6-2,28-11-7-3)29-12-8-4;1-5-9-10-11-12-13-14-15-16-17-18-19(6-2,7-3)8-4;2-1(3)4;/h5-30H2,1-4H3;5-18H2,1-4H3;;1H2/q2*+1;-1;/p-1. The lowest BCUT2D eigenvalue weighted by molar-refractivity contribution is -0.929. The van der Waals surface area contributed by atoms with E-state index in [1.54, 1.807) is 0 Å². The van der Waals surface area contributed by atoms with Gasteiger partial charge >= 0.3 is 0 Å². The van der Waals surface area contributed by atoms with E-state index in [9.17, 15) is 0 Å². The fourth-order valence-electron chi connectivity index (χ4n) is 8.23. The molecule has 336 valence electrons. The molecule has 0 rings (SSSR count). The van der Waals surface area contributed by atoms with Crippen molar-refractivity contribution >= 4 is 0 Å². The number of nitrogens with zero attached hydrogens (tertiary/aromatic N) is 3. The van der Waals surface area contributed by atoms with Gasteiger partial charge in [-0.05, 0) is 65.7 Å². The van der Waals surface area contributed by atoms with E-state index in [-0.39, 0.29) is 5.48 Å². The lowest BCUT2D eigenvalue weighted by atomic mass is 10.0. The van der Waals surface area contributed by atoms with Crippen LogP contribution in [0.15, 0.2) is 0 Å². The van der Waals surface area contributed by atoms with Crippen LogP contribution >= 0.6 is 0 Å². The van der Waals surface area contributed by atoms with Gasteiger partial charge in [0.25, 0.3) is 0 Å². The molecule has 0 unspecified atom stereocenters. The van der Waals surface area contributed by atoms with Crippen molar-refractivity contribution in [2.75, 3.05) is 52.4 Å². The summed E-state index contributed by atoms with van der Waals surface area (Å²) in [5.74, 6) is 0. The molecule has 1 N–H and O–H groups in total. The molecule has 0 aromatic carbocycles. The van der Waals surface area contributed by atoms with E-state index < -0.39 is 5.09 Å². The molecule has 0 amide bonds. The Morgan fingerprint density at radius 3 is 0.655 bits per heavy atom. The second-order valence-corrected chi connectivity index (χ2v) is 17.0. The number of hydrogen-bond donors (Lipinski definition) is 0. The summed E-state index contributed by atoms with van der Waals surface area (Å²) in [6.45, 7) is 29.9. The van der Waals surface area contributed by atoms with Gasteiger partial charge in [-0.2, -0.15) is 0 Å². The van der Waals surface area contributed by atoms with E-state index >= 15 is 0 Å². The molecule has 0 atom stereocenters. The maximum absolute atomic E-state index is 8.25. The van der Waals surface area contributed by atoms with Crippen LogP contribution in [0.5, 0.6) is 0 Å². The summed E-state index contributed by atoms with van der Waals surface area (Å²) >= 11 is 0. The van der Waals surface area contributed by atoms with Crippen LogP contribution in [0.2, 0.25) is 0 Å². The van der Waals surface area contributed by atoms with Crippen molar-refractivity contribution in [3.05, 3.63) is 15.3 Å². The van der Waals surface area contributed by atoms with Crippen LogP contribution in [0.1, 0.15) is 261 Å². The zero-order valence-corrected chi connectivity index (χ0v) is 39.3. The maximum atomic E-state index is 8.25. The van der Waals surface area contributed by atoms with Gasteiger partial charge in [0.15, 0.2) is 0 Å². The molecule has 0 aliphatic carbocycles. The number of unbranched alkanes of at least 4 members (excludes halogenated alkanes) is 27. The average molecular weight is 788 g/mol. The second kappa shape index (κ2) is 49.2. The molecule has 0 aliphatic heterocycles. The lowest BCUT2D eigenvalue weighted by Crippen LogP contribution is -2.50. The Hall–Kier alpha value is -0.920. The monoisotopic (exact) mass is 788 g/mol. The Bertz CT molecular complexity index is 671. The molecule has 7 nitrogen and oxygen atoms in total. The van der Waals surface area contributed by atoms with Gasteiger partial charge in [-0.25, -0.2) is 0 Å². The first kappa shape index (κ1) is 60.8. The Labute approximate surface area is 347 Å². The fraction of sp³-hybridized carbons (Fsp3) is 1.00. The molecule has 0 spiro atoms. The fourth-order valence-corrected chi connectivity index (χ4v) is 8.23. The van der Waals surface area contributed by atoms with E-state index in [0.717, 1.165) is 0 Å². The SMILES string of the molecule is CCCCCCCCCCCCCCCCCC[N+](CCCC)(CCCC)CCCC.CCCCCCCCCCCC[N+](CC)(CC)CC.O=[N+]([O-])[O-].[OH-]. The van der Waals surface area contributed by atoms with Crippen molar-refractivity contribution in [3.63, 3.8) is 0 Å². The molecule has 7 heteroatoms. The molecule has 0 saturated heterocycles. The molecule has 0 bridgehead atoms. The quantitative estimate of drug-likeness (QED) is 0.0267. The molecule has 0 aromatic heterocycles. The van der Waals surface area contributed by atoms with Crippen LogP contribution in [0, 0.1) is 15.3 Å². The van der Waals surface area contributed by atoms with Gasteiger partial charge in [0.1, 0.15) is 0 Å². The highest BCUT2D eigenvalue weighted by Crippen LogP contribution is 2.19. The average Bonchev–Trinajstić information content (AvgIpc) is 3.17. The molecule has 0 aliphatic rings. The van der Waals surface area contributed by atoms with Crippen LogP contribution in [-0.4, -0.2) is 71.9 Å². The van der Waals surface area contributed by atoms with Crippen molar-refractivity contribution in [2.24, 2.45) is 0 Å². The minimum atomic E-state index is -1.75. The third kappa shape index (κ3) is 45.7. The second-order valence-electron chi connectivity index (χ2n) is 17.0. The van der Waals surface area contributed by atoms with Crippen LogP contribution < -0.4 is 0 Å². The summed E-state index contributed by atoms with van der Waals surface area (Å²) < 4.78 is 2.77. The van der Waals surface area contributed by atoms with Gasteiger partial charge in [0.2, 0.25) is 0 Å². The van der Waals surface area contributed by atoms with Gasteiger partial charge in [0.05, 0.1) is 57.4 Å². The summed E-state index contributed by atoms with van der Waals surface area (Å²) in [4.78, 5) is 8.25. The van der Waals surface area contributed by atoms with Crippen LogP contribution in [0.3, 0.4) is 0 Å². The predicted molar refractivity (Wildman–Crippen MR) is 245 cm³/mol. The highest BCUT2D eigenvalue weighted by molar-refractivity contribution is 4.53. The zero-order valence-electron chi connectivity index (χ0n) is 39.3. The smallest absolute Gasteiger partial charge is 0.0786 e. The molecule has 0 heterocycles. The van der Waals surface area contributed by atoms with Gasteiger partial charge in [-0.15, -0.1) is 0 Å². The maximum Gasteiger partial charge on any atom is 0.0786 e. The van der Waals surface area contributed by atoms with Crippen molar-refractivity contribution in [1.29, 1.82) is 0 Å². The third-order valence-corrected chi connectivity index (χ3v) is 12.4. The number of rotatable bonds is 40. The lowest BCUT2D eigenvalue weighted by Gasteiger charge is -2.39. The molecule has 0 aromatic rings. The van der Waals surface area contributed by atoms with Gasteiger partial charge in [-0.3, -0.25) is 0 Å². The van der Waals surface area contributed by atoms with Gasteiger partial charge in [-0.1, -0.05) is 195 Å². The minimum absolute atomic E-state index is 0. The highest BCUT2D eigenvalue weighted by atomic mass is 16.9. The first-order valence-corrected chi connectivity index (χ1v) is 24.7. The van der Waals surface area contributed by atoms with Crippen LogP contribution in [0.4, 0.5) is 0 Å². The third-order valence-electron chi connectivity index (χ3n) is 12.4. The summed E-state index contributed by atoms with van der Waals surface area (Å²) in [5, 5.41) is 14.8. The minimum Gasteiger partial charge on any atom is -0.870 e. The van der Waals surface area contributed by atoms with E-state index in [0.29, 0.717) is 0 Å². The Morgan fingerprint density at radius 1 is 0.291 bits per heavy atom.